The summed E-state index contributed by atoms with van der Waals surface area (Å²) in [4.78, 5) is 12.8. The van der Waals surface area contributed by atoms with Crippen molar-refractivity contribution in [1.29, 1.82) is 0 Å². The first kappa shape index (κ1) is 27.3. The Labute approximate surface area is 212 Å². The number of carbonyl (C=O) groups is 1. The minimum Gasteiger partial charge on any atom is -0.495 e. The van der Waals surface area contributed by atoms with Gasteiger partial charge in [0, 0.05) is 0 Å². The average molecular weight is 541 g/mol. The minimum atomic E-state index is -4.65. The number of sulfonamides is 1. The molecule has 0 aliphatic carbocycles. The molecule has 0 aromatic heterocycles. The highest BCUT2D eigenvalue weighted by Gasteiger charge is 2.33. The third-order valence-electron chi connectivity index (χ3n) is 5.52. The maximum absolute atomic E-state index is 13.8. The highest BCUT2D eigenvalue weighted by Crippen LogP contribution is 2.35. The van der Waals surface area contributed by atoms with Crippen molar-refractivity contribution in [3.8, 4) is 5.75 Å². The Morgan fingerprint density at radius 1 is 1.00 bits per heavy atom. The standard InChI is InChI=1S/C25H24ClF3N2O4S/c1-15-5-10-22(35-4)23(11-15)36(33,34)31(19-8-6-16(2)17(3)12-19)14-24(32)30-21-13-18(25(27,28)29)7-9-20(21)26/h5-13H,14H2,1-4H3,(H,30,32). The number of nitrogens with one attached hydrogen (secondary N) is 1. The molecule has 1 N–H and O–H groups in total. The fraction of sp³-hybridized carbons (Fsp3) is 0.240. The smallest absolute Gasteiger partial charge is 0.416 e. The number of benzene rings is 3. The van der Waals surface area contributed by atoms with Gasteiger partial charge in [0.1, 0.15) is 17.2 Å². The Kier molecular flexibility index (Phi) is 7.90. The van der Waals surface area contributed by atoms with Crippen LogP contribution in [0.1, 0.15) is 22.3 Å². The van der Waals surface area contributed by atoms with Crippen LogP contribution in [0.15, 0.2) is 59.5 Å². The SMILES string of the molecule is COc1ccc(C)cc1S(=O)(=O)N(CC(=O)Nc1cc(C(F)(F)F)ccc1Cl)c1ccc(C)c(C)c1. The summed E-state index contributed by atoms with van der Waals surface area (Å²) in [7, 11) is -3.02. The number of rotatable bonds is 7. The molecule has 1 amide bonds. The number of hydrogen-bond donors (Lipinski definition) is 1. The van der Waals surface area contributed by atoms with E-state index < -0.39 is 34.2 Å². The van der Waals surface area contributed by atoms with Gasteiger partial charge in [0.15, 0.2) is 0 Å². The first-order valence-electron chi connectivity index (χ1n) is 10.6. The van der Waals surface area contributed by atoms with Gasteiger partial charge in [-0.15, -0.1) is 0 Å². The Morgan fingerprint density at radius 3 is 2.31 bits per heavy atom. The molecule has 6 nitrogen and oxygen atoms in total. The fourth-order valence-electron chi connectivity index (χ4n) is 3.42. The van der Waals surface area contributed by atoms with Crippen LogP contribution in [0.5, 0.6) is 5.75 Å². The van der Waals surface area contributed by atoms with Crippen molar-refractivity contribution in [2.45, 2.75) is 31.8 Å². The van der Waals surface area contributed by atoms with E-state index in [4.69, 9.17) is 16.3 Å². The summed E-state index contributed by atoms with van der Waals surface area (Å²) < 4.78 is 73.1. The molecule has 0 radical (unpaired) electrons. The second-order valence-electron chi connectivity index (χ2n) is 8.18. The second-order valence-corrected chi connectivity index (χ2v) is 10.4. The summed E-state index contributed by atoms with van der Waals surface area (Å²) in [5, 5.41) is 2.18. The summed E-state index contributed by atoms with van der Waals surface area (Å²) in [5.41, 5.74) is 1.24. The molecule has 3 aromatic carbocycles. The van der Waals surface area contributed by atoms with Crippen molar-refractivity contribution in [3.05, 3.63) is 81.9 Å². The van der Waals surface area contributed by atoms with Crippen LogP contribution >= 0.6 is 11.6 Å². The van der Waals surface area contributed by atoms with Gasteiger partial charge in [-0.05, 0) is 79.9 Å². The molecule has 0 aliphatic heterocycles. The van der Waals surface area contributed by atoms with Crippen LogP contribution in [0.3, 0.4) is 0 Å². The molecule has 0 saturated carbocycles. The van der Waals surface area contributed by atoms with Crippen molar-refractivity contribution in [2.75, 3.05) is 23.3 Å². The molecule has 11 heteroatoms. The maximum atomic E-state index is 13.8. The van der Waals surface area contributed by atoms with Gasteiger partial charge in [0.25, 0.3) is 10.0 Å². The quantitative estimate of drug-likeness (QED) is 0.391. The van der Waals surface area contributed by atoms with Crippen LogP contribution in [-0.4, -0.2) is 28.0 Å². The Morgan fingerprint density at radius 2 is 1.69 bits per heavy atom. The molecule has 0 unspecified atom stereocenters. The Balaban J connectivity index is 2.05. The fourth-order valence-corrected chi connectivity index (χ4v) is 5.24. The first-order chi connectivity index (χ1) is 16.7. The zero-order valence-electron chi connectivity index (χ0n) is 19.9. The van der Waals surface area contributed by atoms with E-state index in [1.54, 1.807) is 38.1 Å². The van der Waals surface area contributed by atoms with Crippen molar-refractivity contribution >= 4 is 38.9 Å². The van der Waals surface area contributed by atoms with Gasteiger partial charge in [0.05, 0.1) is 29.1 Å². The third kappa shape index (κ3) is 5.93. The molecule has 3 aromatic rings. The lowest BCUT2D eigenvalue weighted by Gasteiger charge is -2.26. The molecule has 0 bridgehead atoms. The van der Waals surface area contributed by atoms with E-state index in [1.165, 1.54) is 19.2 Å². The van der Waals surface area contributed by atoms with Gasteiger partial charge in [-0.2, -0.15) is 13.2 Å². The van der Waals surface area contributed by atoms with Crippen LogP contribution in [-0.2, 0) is 21.0 Å². The molecule has 0 saturated heterocycles. The summed E-state index contributed by atoms with van der Waals surface area (Å²) in [6.45, 7) is 4.62. The number of nitrogens with zero attached hydrogens (tertiary/aromatic N) is 1. The monoisotopic (exact) mass is 540 g/mol. The molecule has 192 valence electrons. The highest BCUT2D eigenvalue weighted by atomic mass is 35.5. The molecule has 36 heavy (non-hydrogen) atoms. The van der Waals surface area contributed by atoms with Gasteiger partial charge in [-0.3, -0.25) is 9.10 Å². The number of hydrogen-bond acceptors (Lipinski definition) is 4. The molecule has 0 heterocycles. The Bertz CT molecular complexity index is 1410. The molecule has 0 aliphatic rings. The Hall–Kier alpha value is -3.24. The van der Waals surface area contributed by atoms with Gasteiger partial charge in [-0.1, -0.05) is 23.7 Å². The predicted octanol–water partition coefficient (Wildman–Crippen LogP) is 6.13. The number of alkyl halides is 3. The normalized spacial score (nSPS) is 11.8. The van der Waals surface area contributed by atoms with E-state index in [0.717, 1.165) is 27.6 Å². The topological polar surface area (TPSA) is 75.7 Å². The average Bonchev–Trinajstić information content (AvgIpc) is 2.80. The zero-order chi connectivity index (χ0) is 26.8. The van der Waals surface area contributed by atoms with E-state index in [-0.39, 0.29) is 27.0 Å². The van der Waals surface area contributed by atoms with Gasteiger partial charge >= 0.3 is 6.18 Å². The van der Waals surface area contributed by atoms with Crippen molar-refractivity contribution in [2.24, 2.45) is 0 Å². The number of aryl methyl sites for hydroxylation is 3. The van der Waals surface area contributed by atoms with E-state index in [2.05, 4.69) is 5.32 Å². The van der Waals surface area contributed by atoms with Crippen LogP contribution in [0.25, 0.3) is 0 Å². The molecular weight excluding hydrogens is 517 g/mol. The molecule has 3 rings (SSSR count). The van der Waals surface area contributed by atoms with E-state index in [0.29, 0.717) is 11.6 Å². The lowest BCUT2D eigenvalue weighted by atomic mass is 10.1. The van der Waals surface area contributed by atoms with Crippen molar-refractivity contribution in [1.82, 2.24) is 0 Å². The van der Waals surface area contributed by atoms with Crippen molar-refractivity contribution in [3.63, 3.8) is 0 Å². The summed E-state index contributed by atoms with van der Waals surface area (Å²) in [6, 6.07) is 12.0. The number of amides is 1. The van der Waals surface area contributed by atoms with E-state index in [9.17, 15) is 26.4 Å². The van der Waals surface area contributed by atoms with Gasteiger partial charge < -0.3 is 10.1 Å². The minimum absolute atomic E-state index is 0.0794. The van der Waals surface area contributed by atoms with Crippen LogP contribution in [0.2, 0.25) is 5.02 Å². The third-order valence-corrected chi connectivity index (χ3v) is 7.65. The van der Waals surface area contributed by atoms with Crippen LogP contribution in [0.4, 0.5) is 24.5 Å². The maximum Gasteiger partial charge on any atom is 0.416 e. The zero-order valence-corrected chi connectivity index (χ0v) is 21.5. The highest BCUT2D eigenvalue weighted by molar-refractivity contribution is 7.93. The molecule has 0 spiro atoms. The van der Waals surface area contributed by atoms with Crippen molar-refractivity contribution < 1.29 is 31.1 Å². The summed E-state index contributed by atoms with van der Waals surface area (Å²) in [5.74, 6) is -0.805. The second kappa shape index (κ2) is 10.4. The van der Waals surface area contributed by atoms with E-state index in [1.807, 2.05) is 6.92 Å². The summed E-state index contributed by atoms with van der Waals surface area (Å²) in [6.07, 6.45) is -4.65. The number of methoxy groups -OCH3 is 1. The number of halogens is 4. The predicted molar refractivity (Wildman–Crippen MR) is 133 cm³/mol. The van der Waals surface area contributed by atoms with Gasteiger partial charge in [-0.25, -0.2) is 8.42 Å². The van der Waals surface area contributed by atoms with Gasteiger partial charge in [0.2, 0.25) is 5.91 Å². The summed E-state index contributed by atoms with van der Waals surface area (Å²) >= 11 is 5.99. The first-order valence-corrected chi connectivity index (χ1v) is 12.5. The molecule has 0 fully saturated rings. The number of ether oxygens (including phenoxy) is 1. The van der Waals surface area contributed by atoms with Crippen LogP contribution in [0, 0.1) is 20.8 Å². The molecular formula is C25H24ClF3N2O4S. The number of anilines is 2. The lowest BCUT2D eigenvalue weighted by molar-refractivity contribution is -0.137. The number of carbonyl (C=O) groups excluding carboxylic acids is 1. The molecule has 0 atom stereocenters. The van der Waals surface area contributed by atoms with Crippen LogP contribution < -0.4 is 14.4 Å². The largest absolute Gasteiger partial charge is 0.495 e. The lowest BCUT2D eigenvalue weighted by Crippen LogP contribution is -2.38. The van der Waals surface area contributed by atoms with E-state index >= 15 is 0 Å².